The van der Waals surface area contributed by atoms with Crippen LogP contribution in [-0.4, -0.2) is 19.4 Å². The molecule has 0 saturated heterocycles. The summed E-state index contributed by atoms with van der Waals surface area (Å²) < 4.78 is 4.68. The Hall–Kier alpha value is -1.62. The number of halogens is 1. The normalized spacial score (nSPS) is 11.1. The van der Waals surface area contributed by atoms with Crippen molar-refractivity contribution in [2.75, 3.05) is 0 Å². The van der Waals surface area contributed by atoms with Gasteiger partial charge in [-0.2, -0.15) is 10.2 Å². The second-order valence-electron chi connectivity index (χ2n) is 3.64. The minimum absolute atomic E-state index is 1.03. The van der Waals surface area contributed by atoms with E-state index in [1.54, 1.807) is 10.9 Å². The van der Waals surface area contributed by atoms with Crippen molar-refractivity contribution in [3.05, 3.63) is 41.4 Å². The summed E-state index contributed by atoms with van der Waals surface area (Å²) in [6.45, 7) is 0. The number of pyridine rings is 1. The minimum Gasteiger partial charge on any atom is -0.275 e. The molecule has 0 saturated carbocycles. The second-order valence-corrected chi connectivity index (χ2v) is 4.49. The Labute approximate surface area is 101 Å². The Morgan fingerprint density at radius 1 is 1.19 bits per heavy atom. The van der Waals surface area contributed by atoms with Crippen LogP contribution in [0.1, 0.15) is 0 Å². The summed E-state index contributed by atoms with van der Waals surface area (Å²) in [7, 11) is 1.91. The summed E-state index contributed by atoms with van der Waals surface area (Å²) in [5, 5.41) is 8.39. The van der Waals surface area contributed by atoms with Gasteiger partial charge in [0, 0.05) is 35.0 Å². The zero-order valence-corrected chi connectivity index (χ0v) is 10.2. The number of hydrogen-bond donors (Lipinski definition) is 0. The van der Waals surface area contributed by atoms with E-state index in [1.165, 1.54) is 0 Å². The van der Waals surface area contributed by atoms with Gasteiger partial charge in [0.1, 0.15) is 0 Å². The van der Waals surface area contributed by atoms with Crippen molar-refractivity contribution in [3.8, 4) is 11.1 Å². The van der Waals surface area contributed by atoms with E-state index in [0.29, 0.717) is 0 Å². The molecule has 16 heavy (non-hydrogen) atoms. The Bertz CT molecular complexity index is 653. The number of hydrogen-bond acceptors (Lipinski definition) is 2. The van der Waals surface area contributed by atoms with Crippen molar-refractivity contribution in [3.63, 3.8) is 0 Å². The van der Waals surface area contributed by atoms with E-state index in [0.717, 1.165) is 21.1 Å². The standard InChI is InChI=1S/C11H9BrN4/c1-15-6-9(5-14-15)8-4-10(12)11-2-3-13-16(11)7-8/h2-7H,1H3. The molecule has 80 valence electrons. The first-order valence-corrected chi connectivity index (χ1v) is 5.65. The zero-order chi connectivity index (χ0) is 11.1. The van der Waals surface area contributed by atoms with Gasteiger partial charge < -0.3 is 0 Å². The summed E-state index contributed by atoms with van der Waals surface area (Å²) in [5.41, 5.74) is 3.24. The highest BCUT2D eigenvalue weighted by molar-refractivity contribution is 9.10. The molecular weight excluding hydrogens is 268 g/mol. The molecule has 0 N–H and O–H groups in total. The largest absolute Gasteiger partial charge is 0.275 e. The van der Waals surface area contributed by atoms with E-state index in [9.17, 15) is 0 Å². The first kappa shape index (κ1) is 9.59. The highest BCUT2D eigenvalue weighted by Gasteiger charge is 2.05. The topological polar surface area (TPSA) is 35.1 Å². The number of rotatable bonds is 1. The highest BCUT2D eigenvalue weighted by Crippen LogP contribution is 2.25. The van der Waals surface area contributed by atoms with Crippen LogP contribution in [0.2, 0.25) is 0 Å². The van der Waals surface area contributed by atoms with Gasteiger partial charge in [-0.15, -0.1) is 0 Å². The van der Waals surface area contributed by atoms with Crippen LogP contribution in [0.4, 0.5) is 0 Å². The Morgan fingerprint density at radius 3 is 2.81 bits per heavy atom. The van der Waals surface area contributed by atoms with Crippen LogP contribution in [0, 0.1) is 0 Å². The summed E-state index contributed by atoms with van der Waals surface area (Å²) in [5.74, 6) is 0. The van der Waals surface area contributed by atoms with E-state index in [2.05, 4.69) is 32.2 Å². The van der Waals surface area contributed by atoms with Crippen LogP contribution in [-0.2, 0) is 7.05 Å². The van der Waals surface area contributed by atoms with Crippen LogP contribution >= 0.6 is 15.9 Å². The monoisotopic (exact) mass is 276 g/mol. The third kappa shape index (κ3) is 1.44. The van der Waals surface area contributed by atoms with E-state index in [4.69, 9.17) is 0 Å². The van der Waals surface area contributed by atoms with Crippen LogP contribution in [0.15, 0.2) is 41.4 Å². The second kappa shape index (κ2) is 3.45. The van der Waals surface area contributed by atoms with Gasteiger partial charge in [-0.05, 0) is 28.1 Å². The minimum atomic E-state index is 1.03. The molecule has 0 unspecified atom stereocenters. The average molecular weight is 277 g/mol. The maximum absolute atomic E-state index is 4.23. The van der Waals surface area contributed by atoms with Gasteiger partial charge in [0.05, 0.1) is 17.9 Å². The fraction of sp³-hybridized carbons (Fsp3) is 0.0909. The molecule has 0 aliphatic rings. The summed E-state index contributed by atoms with van der Waals surface area (Å²) >= 11 is 3.54. The van der Waals surface area contributed by atoms with Crippen LogP contribution in [0.3, 0.4) is 0 Å². The maximum atomic E-state index is 4.23. The molecule has 0 radical (unpaired) electrons. The third-order valence-corrected chi connectivity index (χ3v) is 3.13. The van der Waals surface area contributed by atoms with Crippen molar-refractivity contribution in [1.82, 2.24) is 19.4 Å². The van der Waals surface area contributed by atoms with E-state index in [-0.39, 0.29) is 0 Å². The summed E-state index contributed by atoms with van der Waals surface area (Å²) in [6.07, 6.45) is 7.61. The Balaban J connectivity index is 2.24. The predicted octanol–water partition coefficient (Wildman–Crippen LogP) is 2.50. The van der Waals surface area contributed by atoms with Crippen molar-refractivity contribution in [1.29, 1.82) is 0 Å². The zero-order valence-electron chi connectivity index (χ0n) is 8.63. The van der Waals surface area contributed by atoms with Crippen molar-refractivity contribution < 1.29 is 0 Å². The number of aromatic nitrogens is 4. The van der Waals surface area contributed by atoms with Gasteiger partial charge in [0.25, 0.3) is 0 Å². The number of nitrogens with zero attached hydrogens (tertiary/aromatic N) is 4. The molecule has 0 amide bonds. The molecule has 3 aromatic heterocycles. The third-order valence-electron chi connectivity index (χ3n) is 2.50. The molecule has 3 aromatic rings. The molecule has 3 rings (SSSR count). The lowest BCUT2D eigenvalue weighted by molar-refractivity contribution is 0.768. The SMILES string of the molecule is Cn1cc(-c2cc(Br)c3ccnn3c2)cn1. The van der Waals surface area contributed by atoms with Crippen molar-refractivity contribution >= 4 is 21.4 Å². The molecule has 0 aliphatic heterocycles. The molecule has 0 atom stereocenters. The number of aryl methyl sites for hydroxylation is 1. The average Bonchev–Trinajstić information content (AvgIpc) is 2.85. The number of fused-ring (bicyclic) bond motifs is 1. The molecule has 3 heterocycles. The lowest BCUT2D eigenvalue weighted by Gasteiger charge is -2.01. The first-order valence-electron chi connectivity index (χ1n) is 4.86. The van der Waals surface area contributed by atoms with E-state index in [1.807, 2.05) is 36.2 Å². The maximum Gasteiger partial charge on any atom is 0.0803 e. The lowest BCUT2D eigenvalue weighted by atomic mass is 10.1. The molecule has 0 fully saturated rings. The molecule has 0 spiro atoms. The smallest absolute Gasteiger partial charge is 0.0803 e. The predicted molar refractivity (Wildman–Crippen MR) is 65.1 cm³/mol. The molecule has 5 heteroatoms. The van der Waals surface area contributed by atoms with Gasteiger partial charge in [-0.3, -0.25) is 4.68 Å². The van der Waals surface area contributed by atoms with Crippen LogP contribution in [0.25, 0.3) is 16.6 Å². The van der Waals surface area contributed by atoms with Crippen LogP contribution in [0.5, 0.6) is 0 Å². The molecule has 0 aromatic carbocycles. The van der Waals surface area contributed by atoms with E-state index < -0.39 is 0 Å². The highest BCUT2D eigenvalue weighted by atomic mass is 79.9. The molecule has 0 aliphatic carbocycles. The quantitative estimate of drug-likeness (QED) is 0.685. The lowest BCUT2D eigenvalue weighted by Crippen LogP contribution is -1.89. The van der Waals surface area contributed by atoms with Crippen molar-refractivity contribution in [2.45, 2.75) is 0 Å². The molecular formula is C11H9BrN4. The van der Waals surface area contributed by atoms with Gasteiger partial charge in [-0.25, -0.2) is 4.52 Å². The fourth-order valence-electron chi connectivity index (χ4n) is 1.71. The van der Waals surface area contributed by atoms with Gasteiger partial charge in [0.2, 0.25) is 0 Å². The first-order chi connectivity index (χ1) is 7.74. The molecule has 0 bridgehead atoms. The molecule has 4 nitrogen and oxygen atoms in total. The van der Waals surface area contributed by atoms with Crippen LogP contribution < -0.4 is 0 Å². The van der Waals surface area contributed by atoms with Crippen molar-refractivity contribution in [2.24, 2.45) is 7.05 Å². The summed E-state index contributed by atoms with van der Waals surface area (Å²) in [4.78, 5) is 0. The Kier molecular flexibility index (Phi) is 2.07. The summed E-state index contributed by atoms with van der Waals surface area (Å²) in [6, 6.07) is 4.05. The van der Waals surface area contributed by atoms with E-state index >= 15 is 0 Å². The Morgan fingerprint density at radius 2 is 2.06 bits per heavy atom. The fourth-order valence-corrected chi connectivity index (χ4v) is 2.27. The van der Waals surface area contributed by atoms with Gasteiger partial charge in [-0.1, -0.05) is 0 Å². The van der Waals surface area contributed by atoms with Gasteiger partial charge in [0.15, 0.2) is 0 Å². The van der Waals surface area contributed by atoms with Gasteiger partial charge >= 0.3 is 0 Å².